The number of halogens is 1. The molecular formula is C39H35BrN2O4. The number of para-hydroxylation sites is 1. The number of unbranched alkanes of at least 4 members (excludes halogenated alkanes) is 2. The minimum Gasteiger partial charge on any atom is -0.496 e. The molecule has 0 aliphatic carbocycles. The normalized spacial score (nSPS) is 22.3. The predicted octanol–water partition coefficient (Wildman–Crippen LogP) is 8.17. The Bertz CT molecular complexity index is 1880. The van der Waals surface area contributed by atoms with Gasteiger partial charge >= 0.3 is 0 Å². The third-order valence-corrected chi connectivity index (χ3v) is 10.5. The van der Waals surface area contributed by atoms with Crippen LogP contribution in [0.3, 0.4) is 0 Å². The highest BCUT2D eigenvalue weighted by Gasteiger charge is 2.70. The summed E-state index contributed by atoms with van der Waals surface area (Å²) in [5.41, 5.74) is 4.00. The second-order valence-corrected chi connectivity index (χ2v) is 13.2. The van der Waals surface area contributed by atoms with Gasteiger partial charge in [-0.15, -0.1) is 0 Å². The van der Waals surface area contributed by atoms with Crippen molar-refractivity contribution in [2.75, 3.05) is 12.4 Å². The molecule has 4 atom stereocenters. The van der Waals surface area contributed by atoms with Crippen molar-refractivity contribution in [1.29, 1.82) is 0 Å². The van der Waals surface area contributed by atoms with Crippen molar-refractivity contribution in [3.63, 3.8) is 0 Å². The van der Waals surface area contributed by atoms with Crippen LogP contribution in [0.4, 0.5) is 5.69 Å². The molecule has 7 rings (SSSR count). The van der Waals surface area contributed by atoms with Crippen LogP contribution in [0, 0.1) is 5.92 Å². The van der Waals surface area contributed by atoms with Crippen molar-refractivity contribution >= 4 is 45.2 Å². The van der Waals surface area contributed by atoms with Gasteiger partial charge in [0.15, 0.2) is 11.6 Å². The number of aryl methyl sites for hydroxylation is 1. The summed E-state index contributed by atoms with van der Waals surface area (Å²) in [5.74, 6) is -1.15. The minimum atomic E-state index is -1.36. The van der Waals surface area contributed by atoms with Gasteiger partial charge in [0.25, 0.3) is 0 Å². The number of carbonyl (C=O) groups excluding carboxylic acids is 3. The first-order chi connectivity index (χ1) is 22.4. The van der Waals surface area contributed by atoms with E-state index in [-0.39, 0.29) is 17.5 Å². The summed E-state index contributed by atoms with van der Waals surface area (Å²) in [6.07, 6.45) is 8.18. The second-order valence-electron chi connectivity index (χ2n) is 12.3. The molecule has 46 heavy (non-hydrogen) atoms. The number of nitrogens with one attached hydrogen (secondary N) is 1. The van der Waals surface area contributed by atoms with Crippen molar-refractivity contribution < 1.29 is 19.1 Å². The molecule has 6 nitrogen and oxygen atoms in total. The Kier molecular flexibility index (Phi) is 7.89. The summed E-state index contributed by atoms with van der Waals surface area (Å²) >= 11 is 3.54. The van der Waals surface area contributed by atoms with Crippen LogP contribution in [0.1, 0.15) is 75.2 Å². The SMILES string of the molecule is CCCCCc1ccc(C(=O)C2C(C(=O)c3ccc(OC)c(Br)c3)N3C=Cc4ccccc4C3C23C(=O)Nc2ccccc23)cc1. The van der Waals surface area contributed by atoms with E-state index < -0.39 is 23.4 Å². The van der Waals surface area contributed by atoms with Gasteiger partial charge in [-0.25, -0.2) is 0 Å². The average molecular weight is 676 g/mol. The fourth-order valence-corrected chi connectivity index (χ4v) is 8.29. The molecule has 1 saturated heterocycles. The number of Topliss-reactive ketones (excluding diaryl/α,β-unsaturated/α-hetero) is 2. The number of hydrogen-bond acceptors (Lipinski definition) is 5. The highest BCUT2D eigenvalue weighted by atomic mass is 79.9. The van der Waals surface area contributed by atoms with Crippen molar-refractivity contribution in [2.24, 2.45) is 5.92 Å². The summed E-state index contributed by atoms with van der Waals surface area (Å²) in [4.78, 5) is 46.6. The van der Waals surface area contributed by atoms with E-state index in [2.05, 4.69) is 28.2 Å². The fraction of sp³-hybridized carbons (Fsp3) is 0.256. The number of hydrogen-bond donors (Lipinski definition) is 1. The summed E-state index contributed by atoms with van der Waals surface area (Å²) in [6.45, 7) is 2.18. The number of fused-ring (bicyclic) bond motifs is 6. The standard InChI is InChI=1S/C39H35BrN2O4/c1-3-4-5-10-24-15-17-26(18-16-24)35(43)33-34(36(44)27-19-20-32(46-2)30(40)23-27)42-22-21-25-11-6-7-12-28(25)37(42)39(33)29-13-8-9-14-31(29)41-38(39)45/h6-9,11-23,33-34,37H,3-5,10H2,1-2H3,(H,41,45). The van der Waals surface area contributed by atoms with Gasteiger partial charge in [-0.2, -0.15) is 0 Å². The molecule has 0 bridgehead atoms. The van der Waals surface area contributed by atoms with E-state index in [0.717, 1.165) is 42.4 Å². The van der Waals surface area contributed by atoms with Crippen molar-refractivity contribution in [3.05, 3.63) is 135 Å². The van der Waals surface area contributed by atoms with E-state index in [4.69, 9.17) is 4.74 Å². The number of anilines is 1. The lowest BCUT2D eigenvalue weighted by Gasteiger charge is -2.38. The lowest BCUT2D eigenvalue weighted by molar-refractivity contribution is -0.122. The Hall–Kier alpha value is -4.49. The van der Waals surface area contributed by atoms with Crippen LogP contribution in [0.5, 0.6) is 5.75 Å². The van der Waals surface area contributed by atoms with Gasteiger partial charge in [0, 0.05) is 23.0 Å². The molecule has 1 spiro atoms. The molecule has 1 N–H and O–H groups in total. The minimum absolute atomic E-state index is 0.224. The molecule has 4 aromatic rings. The molecule has 1 amide bonds. The maximum absolute atomic E-state index is 15.1. The van der Waals surface area contributed by atoms with Gasteiger partial charge in [-0.3, -0.25) is 14.4 Å². The Labute approximate surface area is 277 Å². The Balaban J connectivity index is 1.44. The molecule has 232 valence electrons. The monoisotopic (exact) mass is 674 g/mol. The zero-order chi connectivity index (χ0) is 32.0. The van der Waals surface area contributed by atoms with Crippen LogP contribution >= 0.6 is 15.9 Å². The van der Waals surface area contributed by atoms with E-state index in [9.17, 15) is 9.59 Å². The first-order valence-electron chi connectivity index (χ1n) is 15.9. The number of rotatable bonds is 9. The number of carbonyl (C=O) groups is 3. The lowest BCUT2D eigenvalue weighted by atomic mass is 9.62. The van der Waals surface area contributed by atoms with Crippen molar-refractivity contribution in [3.8, 4) is 5.75 Å². The van der Waals surface area contributed by atoms with E-state index in [1.165, 1.54) is 5.56 Å². The van der Waals surface area contributed by atoms with Crippen LogP contribution < -0.4 is 10.1 Å². The third-order valence-electron chi connectivity index (χ3n) is 9.87. The average Bonchev–Trinajstić information content (AvgIpc) is 3.56. The summed E-state index contributed by atoms with van der Waals surface area (Å²) < 4.78 is 6.06. The van der Waals surface area contributed by atoms with Gasteiger partial charge in [0.2, 0.25) is 5.91 Å². The Morgan fingerprint density at radius 2 is 1.65 bits per heavy atom. The molecule has 1 fully saturated rings. The van der Waals surface area contributed by atoms with Crippen LogP contribution in [0.2, 0.25) is 0 Å². The van der Waals surface area contributed by atoms with E-state index in [1.54, 1.807) is 25.3 Å². The van der Waals surface area contributed by atoms with Gasteiger partial charge in [0.05, 0.1) is 23.5 Å². The van der Waals surface area contributed by atoms with Gasteiger partial charge < -0.3 is 15.0 Å². The fourth-order valence-electron chi connectivity index (χ4n) is 7.75. The molecule has 0 saturated carbocycles. The zero-order valence-corrected chi connectivity index (χ0v) is 27.4. The molecule has 0 aromatic heterocycles. The second kappa shape index (κ2) is 12.0. The van der Waals surface area contributed by atoms with Crippen LogP contribution in [-0.4, -0.2) is 35.5 Å². The van der Waals surface area contributed by atoms with E-state index >= 15 is 4.79 Å². The largest absolute Gasteiger partial charge is 0.496 e. The quantitative estimate of drug-likeness (QED) is 0.143. The first kappa shape index (κ1) is 30.2. The highest BCUT2D eigenvalue weighted by Crippen LogP contribution is 2.62. The summed E-state index contributed by atoms with van der Waals surface area (Å²) in [5, 5.41) is 3.11. The maximum atomic E-state index is 15.1. The number of amides is 1. The number of nitrogens with zero attached hydrogens (tertiary/aromatic N) is 1. The third kappa shape index (κ3) is 4.63. The van der Waals surface area contributed by atoms with Gasteiger partial charge in [-0.1, -0.05) is 86.5 Å². The number of ether oxygens (including phenoxy) is 1. The Morgan fingerprint density at radius 3 is 2.41 bits per heavy atom. The number of benzene rings is 4. The topological polar surface area (TPSA) is 75.7 Å². The molecule has 4 unspecified atom stereocenters. The molecule has 3 heterocycles. The van der Waals surface area contributed by atoms with Gasteiger partial charge in [-0.05, 0) is 81.4 Å². The maximum Gasteiger partial charge on any atom is 0.238 e. The predicted molar refractivity (Wildman–Crippen MR) is 183 cm³/mol. The number of ketones is 2. The van der Waals surface area contributed by atoms with Crippen LogP contribution in [-0.2, 0) is 16.6 Å². The molecule has 3 aliphatic rings. The lowest BCUT2D eigenvalue weighted by Crippen LogP contribution is -2.49. The van der Waals surface area contributed by atoms with E-state index in [0.29, 0.717) is 27.0 Å². The summed E-state index contributed by atoms with van der Waals surface area (Å²) in [7, 11) is 1.57. The van der Waals surface area contributed by atoms with E-state index in [1.807, 2.05) is 90.0 Å². The number of methoxy groups -OCH3 is 1. The molecule has 7 heteroatoms. The smallest absolute Gasteiger partial charge is 0.238 e. The summed E-state index contributed by atoms with van der Waals surface area (Å²) in [6, 6.07) is 26.9. The van der Waals surface area contributed by atoms with Crippen LogP contribution in [0.15, 0.2) is 102 Å². The molecule has 4 aromatic carbocycles. The van der Waals surface area contributed by atoms with Crippen molar-refractivity contribution in [1.82, 2.24) is 4.90 Å². The Morgan fingerprint density at radius 1 is 0.913 bits per heavy atom. The molecule has 3 aliphatic heterocycles. The zero-order valence-electron chi connectivity index (χ0n) is 25.8. The van der Waals surface area contributed by atoms with Gasteiger partial charge in [0.1, 0.15) is 17.2 Å². The molecule has 0 radical (unpaired) electrons. The highest BCUT2D eigenvalue weighted by molar-refractivity contribution is 9.10. The van der Waals surface area contributed by atoms with Crippen LogP contribution in [0.25, 0.3) is 6.08 Å². The molecular weight excluding hydrogens is 640 g/mol. The first-order valence-corrected chi connectivity index (χ1v) is 16.7. The van der Waals surface area contributed by atoms with Crippen molar-refractivity contribution in [2.45, 2.75) is 50.1 Å².